The van der Waals surface area contributed by atoms with E-state index >= 15 is 0 Å². The van der Waals surface area contributed by atoms with Crippen LogP contribution in [0.5, 0.6) is 5.75 Å². The number of anilines is 1. The molecule has 0 spiro atoms. The SMILES string of the molecule is CCOc1c[c]cc(F)c1N(C)C. The fraction of sp³-hybridized carbons (Fsp3) is 0.400. The molecule has 1 radical (unpaired) electrons. The number of halogens is 1. The lowest BCUT2D eigenvalue weighted by atomic mass is 10.2. The summed E-state index contributed by atoms with van der Waals surface area (Å²) in [5.74, 6) is 0.225. The molecule has 3 heteroatoms. The van der Waals surface area contributed by atoms with Gasteiger partial charge in [0.15, 0.2) is 5.82 Å². The molecule has 1 rings (SSSR count). The highest BCUT2D eigenvalue weighted by molar-refractivity contribution is 5.58. The second-order valence-electron chi connectivity index (χ2n) is 2.84. The number of ether oxygens (including phenoxy) is 1. The van der Waals surface area contributed by atoms with E-state index in [1.807, 2.05) is 6.92 Å². The van der Waals surface area contributed by atoms with Crippen molar-refractivity contribution in [2.45, 2.75) is 6.92 Å². The highest BCUT2D eigenvalue weighted by atomic mass is 19.1. The second-order valence-corrected chi connectivity index (χ2v) is 2.84. The smallest absolute Gasteiger partial charge is 0.150 e. The minimum absolute atomic E-state index is 0.309. The molecule has 0 aliphatic rings. The molecule has 2 nitrogen and oxygen atoms in total. The van der Waals surface area contributed by atoms with Crippen LogP contribution in [-0.4, -0.2) is 20.7 Å². The van der Waals surface area contributed by atoms with E-state index < -0.39 is 0 Å². The first-order valence-corrected chi connectivity index (χ1v) is 4.16. The molecule has 13 heavy (non-hydrogen) atoms. The van der Waals surface area contributed by atoms with Gasteiger partial charge in [0.25, 0.3) is 0 Å². The van der Waals surface area contributed by atoms with Gasteiger partial charge < -0.3 is 9.64 Å². The Hall–Kier alpha value is -1.25. The van der Waals surface area contributed by atoms with Gasteiger partial charge in [-0.1, -0.05) is 0 Å². The summed E-state index contributed by atoms with van der Waals surface area (Å²) >= 11 is 0. The van der Waals surface area contributed by atoms with Crippen LogP contribution in [-0.2, 0) is 0 Å². The zero-order valence-corrected chi connectivity index (χ0v) is 8.10. The van der Waals surface area contributed by atoms with Crippen LogP contribution in [0.4, 0.5) is 10.1 Å². The van der Waals surface area contributed by atoms with Gasteiger partial charge in [-0.15, -0.1) is 0 Å². The van der Waals surface area contributed by atoms with Crippen LogP contribution in [0.15, 0.2) is 12.1 Å². The molecule has 0 saturated carbocycles. The molecule has 1 aromatic carbocycles. The van der Waals surface area contributed by atoms with Crippen molar-refractivity contribution in [2.75, 3.05) is 25.6 Å². The van der Waals surface area contributed by atoms with Crippen LogP contribution in [0.3, 0.4) is 0 Å². The summed E-state index contributed by atoms with van der Waals surface area (Å²) < 4.78 is 18.5. The molecule has 0 unspecified atom stereocenters. The summed E-state index contributed by atoms with van der Waals surface area (Å²) in [4.78, 5) is 1.69. The summed E-state index contributed by atoms with van der Waals surface area (Å²) in [5.41, 5.74) is 0.473. The van der Waals surface area contributed by atoms with Crippen LogP contribution < -0.4 is 9.64 Å². The van der Waals surface area contributed by atoms with Gasteiger partial charge in [0.05, 0.1) is 6.61 Å². The van der Waals surface area contributed by atoms with Crippen molar-refractivity contribution < 1.29 is 9.13 Å². The number of hydrogen-bond acceptors (Lipinski definition) is 2. The zero-order valence-electron chi connectivity index (χ0n) is 8.10. The molecule has 0 heterocycles. The molecule has 0 atom stereocenters. The molecule has 0 aromatic heterocycles. The quantitative estimate of drug-likeness (QED) is 0.709. The molecular formula is C10H13FNO. The van der Waals surface area contributed by atoms with E-state index in [4.69, 9.17) is 4.74 Å². The summed E-state index contributed by atoms with van der Waals surface area (Å²) in [7, 11) is 3.56. The third-order valence-corrected chi connectivity index (χ3v) is 1.63. The average Bonchev–Trinajstić information content (AvgIpc) is 2.04. The van der Waals surface area contributed by atoms with Crippen molar-refractivity contribution in [3.8, 4) is 5.75 Å². The molecule has 0 aliphatic carbocycles. The molecule has 0 bridgehead atoms. The van der Waals surface area contributed by atoms with Crippen LogP contribution in [0.25, 0.3) is 0 Å². The summed E-state index contributed by atoms with van der Waals surface area (Å²) in [6, 6.07) is 5.63. The highest BCUT2D eigenvalue weighted by Crippen LogP contribution is 2.29. The van der Waals surface area contributed by atoms with Gasteiger partial charge in [-0.3, -0.25) is 0 Å². The lowest BCUT2D eigenvalue weighted by Gasteiger charge is -2.17. The lowest BCUT2D eigenvalue weighted by Crippen LogP contribution is -2.12. The Balaban J connectivity index is 3.10. The Kier molecular flexibility index (Phi) is 3.12. The predicted molar refractivity (Wildman–Crippen MR) is 50.7 cm³/mol. The number of nitrogens with zero attached hydrogens (tertiary/aromatic N) is 1. The highest BCUT2D eigenvalue weighted by Gasteiger charge is 2.10. The van der Waals surface area contributed by atoms with E-state index in [1.54, 1.807) is 25.1 Å². The maximum Gasteiger partial charge on any atom is 0.150 e. The minimum atomic E-state index is -0.309. The Morgan fingerprint density at radius 1 is 1.46 bits per heavy atom. The number of benzene rings is 1. The van der Waals surface area contributed by atoms with Crippen molar-refractivity contribution in [1.82, 2.24) is 0 Å². The van der Waals surface area contributed by atoms with E-state index in [-0.39, 0.29) is 5.82 Å². The average molecular weight is 182 g/mol. The molecule has 0 amide bonds. The summed E-state index contributed by atoms with van der Waals surface area (Å²) in [6.45, 7) is 2.39. The fourth-order valence-corrected chi connectivity index (χ4v) is 1.14. The first-order chi connectivity index (χ1) is 6.16. The Morgan fingerprint density at radius 2 is 2.15 bits per heavy atom. The second kappa shape index (κ2) is 4.12. The van der Waals surface area contributed by atoms with Gasteiger partial charge in [-0.05, 0) is 25.1 Å². The first-order valence-electron chi connectivity index (χ1n) is 4.16. The molecule has 0 N–H and O–H groups in total. The maximum absolute atomic E-state index is 13.3. The van der Waals surface area contributed by atoms with E-state index in [0.29, 0.717) is 18.0 Å². The third kappa shape index (κ3) is 2.11. The van der Waals surface area contributed by atoms with Crippen molar-refractivity contribution in [2.24, 2.45) is 0 Å². The topological polar surface area (TPSA) is 12.5 Å². The molecule has 0 aliphatic heterocycles. The molecule has 0 saturated heterocycles. The number of rotatable bonds is 3. The van der Waals surface area contributed by atoms with Crippen LogP contribution in [0.2, 0.25) is 0 Å². The zero-order chi connectivity index (χ0) is 9.84. The van der Waals surface area contributed by atoms with Gasteiger partial charge >= 0.3 is 0 Å². The molecule has 1 aromatic rings. The minimum Gasteiger partial charge on any atom is -0.492 e. The van der Waals surface area contributed by atoms with Crippen molar-refractivity contribution in [1.29, 1.82) is 0 Å². The van der Waals surface area contributed by atoms with Crippen LogP contribution in [0.1, 0.15) is 6.92 Å². The standard InChI is InChI=1S/C10H13FNO/c1-4-13-9-7-5-6-8(11)10(9)12(2)3/h6-7H,4H2,1-3H3. The summed E-state index contributed by atoms with van der Waals surface area (Å²) in [5, 5.41) is 0. The Morgan fingerprint density at radius 3 is 2.69 bits per heavy atom. The van der Waals surface area contributed by atoms with Crippen LogP contribution >= 0.6 is 0 Å². The van der Waals surface area contributed by atoms with Crippen molar-refractivity contribution in [3.63, 3.8) is 0 Å². The maximum atomic E-state index is 13.3. The predicted octanol–water partition coefficient (Wildman–Crippen LogP) is 2.09. The fourth-order valence-electron chi connectivity index (χ4n) is 1.14. The monoisotopic (exact) mass is 182 g/mol. The molecular weight excluding hydrogens is 169 g/mol. The first kappa shape index (κ1) is 9.84. The third-order valence-electron chi connectivity index (χ3n) is 1.63. The normalized spacial score (nSPS) is 9.85. The van der Waals surface area contributed by atoms with Crippen LogP contribution in [0, 0.1) is 11.9 Å². The molecule has 71 valence electrons. The van der Waals surface area contributed by atoms with Crippen molar-refractivity contribution >= 4 is 5.69 Å². The van der Waals surface area contributed by atoms with Gasteiger partial charge in [0.2, 0.25) is 0 Å². The van der Waals surface area contributed by atoms with Gasteiger partial charge in [-0.25, -0.2) is 4.39 Å². The van der Waals surface area contributed by atoms with Gasteiger partial charge in [0.1, 0.15) is 11.4 Å². The lowest BCUT2D eigenvalue weighted by molar-refractivity contribution is 0.339. The van der Waals surface area contributed by atoms with E-state index in [2.05, 4.69) is 6.07 Å². The van der Waals surface area contributed by atoms with E-state index in [1.165, 1.54) is 6.07 Å². The largest absolute Gasteiger partial charge is 0.492 e. The van der Waals surface area contributed by atoms with Gasteiger partial charge in [0, 0.05) is 14.1 Å². The van der Waals surface area contributed by atoms with Crippen molar-refractivity contribution in [3.05, 3.63) is 24.0 Å². The molecule has 0 fully saturated rings. The van der Waals surface area contributed by atoms with Gasteiger partial charge in [-0.2, -0.15) is 0 Å². The van der Waals surface area contributed by atoms with E-state index in [0.717, 1.165) is 0 Å². The number of hydrogen-bond donors (Lipinski definition) is 0. The summed E-state index contributed by atoms with van der Waals surface area (Å²) in [6.07, 6.45) is 0. The Labute approximate surface area is 77.9 Å². The van der Waals surface area contributed by atoms with E-state index in [9.17, 15) is 4.39 Å². The Bertz CT molecular complexity index is 286.